The van der Waals surface area contributed by atoms with E-state index in [1.54, 1.807) is 26.8 Å². The van der Waals surface area contributed by atoms with Crippen LogP contribution in [0.5, 0.6) is 0 Å². The number of hydrogen-bond donors (Lipinski definition) is 0. The van der Waals surface area contributed by atoms with E-state index >= 15 is 0 Å². The Morgan fingerprint density at radius 1 is 0.588 bits per heavy atom. The predicted octanol–water partition coefficient (Wildman–Crippen LogP) is 7.00. The average Bonchev–Trinajstić information content (AvgIpc) is 2.80. The highest BCUT2D eigenvalue weighted by Gasteiger charge is 2.17. The van der Waals surface area contributed by atoms with E-state index < -0.39 is 0 Å². The zero-order valence-electron chi connectivity index (χ0n) is 21.4. The molecule has 0 bridgehead atoms. The van der Waals surface area contributed by atoms with Crippen LogP contribution < -0.4 is 9.80 Å². The van der Waals surface area contributed by atoms with Gasteiger partial charge in [0.15, 0.2) is 0 Å². The number of nitriles is 1. The molecular formula is C29H33N5. The van der Waals surface area contributed by atoms with Crippen LogP contribution in [-0.4, -0.2) is 26.8 Å². The van der Waals surface area contributed by atoms with E-state index in [1.165, 1.54) is 22.3 Å². The smallest absolute Gasteiger partial charge is 0.0993 e. The summed E-state index contributed by atoms with van der Waals surface area (Å²) >= 11 is 0. The summed E-state index contributed by atoms with van der Waals surface area (Å²) < 4.78 is 0. The molecule has 5 heteroatoms. The Morgan fingerprint density at radius 2 is 0.971 bits per heavy atom. The van der Waals surface area contributed by atoms with Crippen LogP contribution in [0.15, 0.2) is 52.4 Å². The maximum Gasteiger partial charge on any atom is 0.0993 e. The number of rotatable bonds is 6. The Labute approximate surface area is 203 Å². The fourth-order valence-corrected chi connectivity index (χ4v) is 4.11. The highest BCUT2D eigenvalue weighted by Crippen LogP contribution is 2.36. The molecule has 0 radical (unpaired) electrons. The minimum Gasteiger partial charge on any atom is -0.301 e. The van der Waals surface area contributed by atoms with E-state index in [1.807, 2.05) is 21.9 Å². The summed E-state index contributed by atoms with van der Waals surface area (Å²) in [5.41, 5.74) is 11.6. The molecule has 0 aliphatic rings. The van der Waals surface area contributed by atoms with Crippen molar-refractivity contribution in [3.63, 3.8) is 0 Å². The van der Waals surface area contributed by atoms with Crippen LogP contribution in [0, 0.1) is 52.9 Å². The van der Waals surface area contributed by atoms with E-state index in [4.69, 9.17) is 0 Å². The molecule has 3 rings (SSSR count). The quantitative estimate of drug-likeness (QED) is 0.299. The molecule has 0 heterocycles. The van der Waals surface area contributed by atoms with Gasteiger partial charge in [0.25, 0.3) is 0 Å². The third kappa shape index (κ3) is 5.02. The lowest BCUT2D eigenvalue weighted by Gasteiger charge is -2.27. The first kappa shape index (κ1) is 24.7. The molecule has 0 saturated heterocycles. The molecule has 0 fully saturated rings. The first-order valence-corrected chi connectivity index (χ1v) is 11.3. The minimum absolute atomic E-state index is 0.569. The molecule has 174 valence electrons. The van der Waals surface area contributed by atoms with Crippen molar-refractivity contribution in [1.82, 2.24) is 0 Å². The van der Waals surface area contributed by atoms with Crippen LogP contribution in [0.2, 0.25) is 0 Å². The van der Waals surface area contributed by atoms with Gasteiger partial charge in [-0.2, -0.15) is 5.26 Å². The van der Waals surface area contributed by atoms with E-state index in [0.717, 1.165) is 33.9 Å². The second kappa shape index (κ2) is 10.4. The lowest BCUT2D eigenvalue weighted by atomic mass is 10.0. The minimum atomic E-state index is 0.569. The summed E-state index contributed by atoms with van der Waals surface area (Å²) in [5.74, 6) is 0. The molecule has 0 aliphatic heterocycles. The van der Waals surface area contributed by atoms with Gasteiger partial charge >= 0.3 is 0 Å². The number of aliphatic imine (C=N–C) groups is 2. The maximum atomic E-state index is 9.87. The van der Waals surface area contributed by atoms with E-state index in [9.17, 15) is 5.26 Å². The van der Waals surface area contributed by atoms with Gasteiger partial charge in [-0.05, 0) is 105 Å². The van der Waals surface area contributed by atoms with E-state index in [2.05, 4.69) is 87.9 Å². The number of nitrogens with zero attached hydrogens (tertiary/aromatic N) is 5. The van der Waals surface area contributed by atoms with Gasteiger partial charge < -0.3 is 9.80 Å². The van der Waals surface area contributed by atoms with Crippen LogP contribution in [0.1, 0.15) is 38.9 Å². The topological polar surface area (TPSA) is 55.0 Å². The number of anilines is 4. The number of hydrogen-bond acceptors (Lipinski definition) is 3. The summed E-state index contributed by atoms with van der Waals surface area (Å²) in [7, 11) is 3.51. The van der Waals surface area contributed by atoms with Gasteiger partial charge in [-0.25, -0.2) is 0 Å². The molecule has 0 saturated carbocycles. The van der Waals surface area contributed by atoms with Crippen LogP contribution in [0.3, 0.4) is 0 Å². The average molecular weight is 452 g/mol. The molecule has 0 aliphatic carbocycles. The van der Waals surface area contributed by atoms with Crippen molar-refractivity contribution >= 4 is 35.4 Å². The molecule has 5 nitrogen and oxygen atoms in total. The first-order valence-electron chi connectivity index (χ1n) is 11.3. The lowest BCUT2D eigenvalue weighted by Crippen LogP contribution is -2.19. The lowest BCUT2D eigenvalue weighted by molar-refractivity contribution is 1.23. The molecule has 0 unspecified atom stereocenters. The SMILES string of the molecule is CN=CN(c1cc(C#N)cc(N(C=NC)c2cc(C)c(C)cc2C)c1)c1cc(C)c(C)cc1C. The molecule has 0 spiro atoms. The van der Waals surface area contributed by atoms with Crippen molar-refractivity contribution in [3.8, 4) is 6.07 Å². The van der Waals surface area contributed by atoms with Crippen molar-refractivity contribution < 1.29 is 0 Å². The third-order valence-electron chi connectivity index (χ3n) is 6.19. The van der Waals surface area contributed by atoms with Crippen LogP contribution in [0.25, 0.3) is 0 Å². The number of aryl methyl sites for hydroxylation is 6. The molecule has 34 heavy (non-hydrogen) atoms. The summed E-state index contributed by atoms with van der Waals surface area (Å²) in [4.78, 5) is 12.7. The molecule has 0 atom stereocenters. The zero-order valence-corrected chi connectivity index (χ0v) is 21.4. The molecule has 0 N–H and O–H groups in total. The van der Waals surface area contributed by atoms with Crippen LogP contribution in [-0.2, 0) is 0 Å². The highest BCUT2D eigenvalue weighted by atomic mass is 15.2. The Morgan fingerprint density at radius 3 is 1.32 bits per heavy atom. The number of benzene rings is 3. The van der Waals surface area contributed by atoms with Crippen molar-refractivity contribution in [3.05, 3.63) is 81.4 Å². The monoisotopic (exact) mass is 451 g/mol. The van der Waals surface area contributed by atoms with E-state index in [-0.39, 0.29) is 0 Å². The van der Waals surface area contributed by atoms with Gasteiger partial charge in [0.1, 0.15) is 0 Å². The van der Waals surface area contributed by atoms with Gasteiger partial charge in [0, 0.05) is 14.1 Å². The van der Waals surface area contributed by atoms with Crippen molar-refractivity contribution in [2.45, 2.75) is 41.5 Å². The van der Waals surface area contributed by atoms with Crippen molar-refractivity contribution in [1.29, 1.82) is 5.26 Å². The standard InChI is InChI=1S/C29H33N5/c1-19-9-23(5)28(11-21(19)3)33(17-31-7)26-13-25(16-30)14-27(15-26)34(18-32-8)29-12-22(4)20(2)10-24(29)6/h9-15,17-18H,1-8H3. The normalized spacial score (nSPS) is 11.3. The molecular weight excluding hydrogens is 418 g/mol. The summed E-state index contributed by atoms with van der Waals surface area (Å²) in [5, 5.41) is 9.87. The Kier molecular flexibility index (Phi) is 7.53. The second-order valence-corrected chi connectivity index (χ2v) is 8.78. The first-order chi connectivity index (χ1) is 16.2. The van der Waals surface area contributed by atoms with Crippen molar-refractivity contribution in [2.24, 2.45) is 9.98 Å². The molecule has 0 amide bonds. The molecule has 0 aromatic heterocycles. The molecule has 3 aromatic rings. The fourth-order valence-electron chi connectivity index (χ4n) is 4.11. The molecule has 3 aromatic carbocycles. The summed E-state index contributed by atoms with van der Waals surface area (Å²) in [6.45, 7) is 12.7. The predicted molar refractivity (Wildman–Crippen MR) is 146 cm³/mol. The van der Waals surface area contributed by atoms with Crippen LogP contribution >= 0.6 is 0 Å². The Hall–Kier alpha value is -3.91. The van der Waals surface area contributed by atoms with Crippen LogP contribution in [0.4, 0.5) is 22.7 Å². The Bertz CT molecular complexity index is 1220. The largest absolute Gasteiger partial charge is 0.301 e. The summed E-state index contributed by atoms with van der Waals surface area (Å²) in [6, 6.07) is 16.9. The third-order valence-corrected chi connectivity index (χ3v) is 6.19. The summed E-state index contributed by atoms with van der Waals surface area (Å²) in [6.07, 6.45) is 3.60. The second-order valence-electron chi connectivity index (χ2n) is 8.78. The Balaban J connectivity index is 2.25. The zero-order chi connectivity index (χ0) is 25.0. The van der Waals surface area contributed by atoms with Crippen molar-refractivity contribution in [2.75, 3.05) is 23.9 Å². The van der Waals surface area contributed by atoms with Gasteiger partial charge in [-0.15, -0.1) is 0 Å². The van der Waals surface area contributed by atoms with E-state index in [0.29, 0.717) is 5.56 Å². The maximum absolute atomic E-state index is 9.87. The van der Waals surface area contributed by atoms with Gasteiger partial charge in [0.2, 0.25) is 0 Å². The van der Waals surface area contributed by atoms with Gasteiger partial charge in [0.05, 0.1) is 47.1 Å². The van der Waals surface area contributed by atoms with Gasteiger partial charge in [-0.1, -0.05) is 12.1 Å². The highest BCUT2D eigenvalue weighted by molar-refractivity contribution is 5.95. The fraction of sp³-hybridized carbons (Fsp3) is 0.276. The van der Waals surface area contributed by atoms with Gasteiger partial charge in [-0.3, -0.25) is 9.98 Å².